The van der Waals surface area contributed by atoms with Gasteiger partial charge in [-0.2, -0.15) is 9.78 Å². The summed E-state index contributed by atoms with van der Waals surface area (Å²) >= 11 is 1.43. The molecular formula is C23H15N3O2S. The van der Waals surface area contributed by atoms with Gasteiger partial charge < -0.3 is 5.11 Å². The van der Waals surface area contributed by atoms with E-state index in [4.69, 9.17) is 0 Å². The maximum atomic E-state index is 13.1. The quantitative estimate of drug-likeness (QED) is 0.442. The summed E-state index contributed by atoms with van der Waals surface area (Å²) < 4.78 is 1.21. The monoisotopic (exact) mass is 397 g/mol. The summed E-state index contributed by atoms with van der Waals surface area (Å²) in [4.78, 5) is 18.2. The number of aromatic hydroxyl groups is 1. The van der Waals surface area contributed by atoms with Gasteiger partial charge in [0.05, 0.1) is 11.6 Å². The number of phenols is 1. The summed E-state index contributed by atoms with van der Waals surface area (Å²) in [5.41, 5.74) is 2.13. The third-order valence-corrected chi connectivity index (χ3v) is 5.71. The Balaban J connectivity index is 1.65. The lowest BCUT2D eigenvalue weighted by Gasteiger charge is -2.05. The largest absolute Gasteiger partial charge is 0.507 e. The number of aromatic nitrogens is 2. The van der Waals surface area contributed by atoms with Crippen molar-refractivity contribution in [3.8, 4) is 16.9 Å². The standard InChI is InChI=1S/C23H15N3O2S/c27-20-11-10-16-8-4-5-9-17(16)18(20)12-25-26-14-24-22-21(23(26)28)19(13-29-22)15-6-2-1-3-7-15/h1-14,27H. The summed E-state index contributed by atoms with van der Waals surface area (Å²) in [6, 6.07) is 20.9. The molecule has 1 N–H and O–H groups in total. The molecule has 0 unspecified atom stereocenters. The molecule has 2 aromatic heterocycles. The van der Waals surface area contributed by atoms with Crippen LogP contribution in [0, 0.1) is 0 Å². The minimum atomic E-state index is -0.244. The summed E-state index contributed by atoms with van der Waals surface area (Å²) in [7, 11) is 0. The molecule has 0 aliphatic rings. The lowest BCUT2D eigenvalue weighted by molar-refractivity contribution is 0.475. The van der Waals surface area contributed by atoms with Crippen LogP contribution in [0.15, 0.2) is 88.3 Å². The molecule has 0 fully saturated rings. The van der Waals surface area contributed by atoms with Crippen molar-refractivity contribution in [1.82, 2.24) is 9.66 Å². The van der Waals surface area contributed by atoms with Crippen LogP contribution in [0.5, 0.6) is 5.75 Å². The van der Waals surface area contributed by atoms with Crippen LogP contribution in [-0.4, -0.2) is 21.0 Å². The Hall–Kier alpha value is -3.77. The number of benzene rings is 3. The van der Waals surface area contributed by atoms with E-state index in [-0.39, 0.29) is 11.3 Å². The van der Waals surface area contributed by atoms with Crippen LogP contribution in [-0.2, 0) is 0 Å². The molecule has 0 aliphatic heterocycles. The smallest absolute Gasteiger partial charge is 0.283 e. The molecule has 5 nitrogen and oxygen atoms in total. The predicted molar refractivity (Wildman–Crippen MR) is 118 cm³/mol. The minimum Gasteiger partial charge on any atom is -0.507 e. The Morgan fingerprint density at radius 2 is 1.79 bits per heavy atom. The van der Waals surface area contributed by atoms with Crippen LogP contribution >= 0.6 is 11.3 Å². The Kier molecular flexibility index (Phi) is 4.18. The number of hydrogen-bond acceptors (Lipinski definition) is 5. The van der Waals surface area contributed by atoms with E-state index in [9.17, 15) is 9.90 Å². The van der Waals surface area contributed by atoms with Crippen molar-refractivity contribution in [3.63, 3.8) is 0 Å². The van der Waals surface area contributed by atoms with Crippen LogP contribution in [0.4, 0.5) is 0 Å². The Bertz CT molecular complexity index is 1440. The van der Waals surface area contributed by atoms with Gasteiger partial charge >= 0.3 is 0 Å². The summed E-state index contributed by atoms with van der Waals surface area (Å²) in [5.74, 6) is 0.107. The van der Waals surface area contributed by atoms with Gasteiger partial charge in [0.15, 0.2) is 0 Å². The SMILES string of the molecule is O=c1c2c(-c3ccccc3)csc2ncn1N=Cc1c(O)ccc2ccccc12. The number of phenolic OH excluding ortho intramolecular Hbond substituents is 1. The van der Waals surface area contributed by atoms with Crippen LogP contribution in [0.3, 0.4) is 0 Å². The molecule has 0 bridgehead atoms. The van der Waals surface area contributed by atoms with E-state index in [2.05, 4.69) is 10.1 Å². The first kappa shape index (κ1) is 17.3. The zero-order valence-corrected chi connectivity index (χ0v) is 16.0. The maximum Gasteiger partial charge on any atom is 0.283 e. The summed E-state index contributed by atoms with van der Waals surface area (Å²) in [5, 5.41) is 18.9. The van der Waals surface area contributed by atoms with Gasteiger partial charge in [-0.25, -0.2) is 4.98 Å². The fourth-order valence-electron chi connectivity index (χ4n) is 3.38. The molecule has 0 saturated heterocycles. The van der Waals surface area contributed by atoms with Crippen molar-refractivity contribution >= 4 is 38.5 Å². The highest BCUT2D eigenvalue weighted by atomic mass is 32.1. The first-order valence-corrected chi connectivity index (χ1v) is 9.90. The van der Waals surface area contributed by atoms with Gasteiger partial charge in [0.1, 0.15) is 16.9 Å². The van der Waals surface area contributed by atoms with Crippen molar-refractivity contribution in [2.75, 3.05) is 0 Å². The number of nitrogens with zero attached hydrogens (tertiary/aromatic N) is 3. The zero-order chi connectivity index (χ0) is 19.8. The molecule has 6 heteroatoms. The summed E-state index contributed by atoms with van der Waals surface area (Å²) in [6.07, 6.45) is 2.91. The summed E-state index contributed by atoms with van der Waals surface area (Å²) in [6.45, 7) is 0. The average molecular weight is 397 g/mol. The third-order valence-electron chi connectivity index (χ3n) is 4.82. The van der Waals surface area contributed by atoms with Gasteiger partial charge in [0.25, 0.3) is 5.56 Å². The molecule has 29 heavy (non-hydrogen) atoms. The van der Waals surface area contributed by atoms with E-state index in [1.54, 1.807) is 6.07 Å². The maximum absolute atomic E-state index is 13.1. The van der Waals surface area contributed by atoms with Gasteiger partial charge in [-0.3, -0.25) is 4.79 Å². The van der Waals surface area contributed by atoms with Crippen molar-refractivity contribution in [2.24, 2.45) is 5.10 Å². The van der Waals surface area contributed by atoms with Gasteiger partial charge in [0, 0.05) is 16.5 Å². The second kappa shape index (κ2) is 7.00. The highest BCUT2D eigenvalue weighted by Gasteiger charge is 2.13. The first-order chi connectivity index (χ1) is 14.2. The van der Waals surface area contributed by atoms with Crippen LogP contribution < -0.4 is 5.56 Å². The van der Waals surface area contributed by atoms with E-state index in [0.717, 1.165) is 21.9 Å². The van der Waals surface area contributed by atoms with Crippen molar-refractivity contribution in [2.45, 2.75) is 0 Å². The number of fused-ring (bicyclic) bond motifs is 2. The highest BCUT2D eigenvalue weighted by molar-refractivity contribution is 7.17. The zero-order valence-electron chi connectivity index (χ0n) is 15.2. The minimum absolute atomic E-state index is 0.107. The number of thiophene rings is 1. The van der Waals surface area contributed by atoms with Crippen LogP contribution in [0.1, 0.15) is 5.56 Å². The Morgan fingerprint density at radius 3 is 2.66 bits per heavy atom. The molecule has 0 atom stereocenters. The molecule has 2 heterocycles. The van der Waals surface area contributed by atoms with E-state index >= 15 is 0 Å². The van der Waals surface area contributed by atoms with Crippen molar-refractivity contribution in [3.05, 3.63) is 94.4 Å². The molecule has 5 aromatic rings. The van der Waals surface area contributed by atoms with E-state index in [1.165, 1.54) is 28.6 Å². The molecule has 0 radical (unpaired) electrons. The van der Waals surface area contributed by atoms with Crippen molar-refractivity contribution in [1.29, 1.82) is 0 Å². The number of rotatable bonds is 3. The first-order valence-electron chi connectivity index (χ1n) is 9.02. The second-order valence-corrected chi connectivity index (χ2v) is 7.41. The average Bonchev–Trinajstić information content (AvgIpc) is 3.20. The lowest BCUT2D eigenvalue weighted by Crippen LogP contribution is -2.16. The molecule has 140 valence electrons. The molecule has 0 aliphatic carbocycles. The molecule has 0 spiro atoms. The Morgan fingerprint density at radius 1 is 1.00 bits per heavy atom. The van der Waals surface area contributed by atoms with E-state index in [1.807, 2.05) is 66.0 Å². The molecule has 3 aromatic carbocycles. The third kappa shape index (κ3) is 2.99. The van der Waals surface area contributed by atoms with Gasteiger partial charge in [-0.05, 0) is 22.4 Å². The van der Waals surface area contributed by atoms with Crippen LogP contribution in [0.25, 0.3) is 32.1 Å². The van der Waals surface area contributed by atoms with Gasteiger partial charge in [0.2, 0.25) is 0 Å². The molecular weight excluding hydrogens is 382 g/mol. The van der Waals surface area contributed by atoms with Gasteiger partial charge in [-0.1, -0.05) is 60.7 Å². The van der Waals surface area contributed by atoms with E-state index < -0.39 is 0 Å². The normalized spacial score (nSPS) is 11.6. The predicted octanol–water partition coefficient (Wildman–Crippen LogP) is 4.87. The van der Waals surface area contributed by atoms with E-state index in [0.29, 0.717) is 15.8 Å². The van der Waals surface area contributed by atoms with Gasteiger partial charge in [-0.15, -0.1) is 11.3 Å². The van der Waals surface area contributed by atoms with Crippen LogP contribution in [0.2, 0.25) is 0 Å². The topological polar surface area (TPSA) is 67.5 Å². The molecule has 5 rings (SSSR count). The fourth-order valence-corrected chi connectivity index (χ4v) is 4.28. The van der Waals surface area contributed by atoms with Crippen molar-refractivity contribution < 1.29 is 5.11 Å². The lowest BCUT2D eigenvalue weighted by atomic mass is 10.0. The molecule has 0 amide bonds. The highest BCUT2D eigenvalue weighted by Crippen LogP contribution is 2.30. The Labute approximate surface area is 169 Å². The fraction of sp³-hybridized carbons (Fsp3) is 0. The molecule has 0 saturated carbocycles. The second-order valence-electron chi connectivity index (χ2n) is 6.55. The number of hydrogen-bond donors (Lipinski definition) is 1.